The molecule has 1 amide bonds. The quantitative estimate of drug-likeness (QED) is 0.698. The summed E-state index contributed by atoms with van der Waals surface area (Å²) < 4.78 is 16.4. The maximum absolute atomic E-state index is 14.5. The van der Waals surface area contributed by atoms with E-state index in [2.05, 4.69) is 52.7 Å². The molecule has 1 saturated heterocycles. The summed E-state index contributed by atoms with van der Waals surface area (Å²) in [5.41, 5.74) is 3.31. The van der Waals surface area contributed by atoms with E-state index in [0.29, 0.717) is 18.4 Å². The minimum absolute atomic E-state index is 0.133. The van der Waals surface area contributed by atoms with E-state index in [1.54, 1.807) is 12.1 Å². The lowest BCUT2D eigenvalue weighted by Gasteiger charge is -2.42. The molecule has 0 unspecified atom stereocenters. The first-order valence-corrected chi connectivity index (χ1v) is 10.3. The largest absolute Gasteiger partial charge is 0.347 e. The molecule has 1 aliphatic heterocycles. The molecule has 30 heavy (non-hydrogen) atoms. The predicted molar refractivity (Wildman–Crippen MR) is 115 cm³/mol. The monoisotopic (exact) mass is 406 g/mol. The van der Waals surface area contributed by atoms with Crippen molar-refractivity contribution in [2.45, 2.75) is 38.8 Å². The number of carbonyl (C=O) groups excluding carboxylic acids is 1. The van der Waals surface area contributed by atoms with Gasteiger partial charge in [0.1, 0.15) is 5.82 Å². The first-order valence-electron chi connectivity index (χ1n) is 10.3. The molecule has 2 heterocycles. The number of piperidine rings is 1. The third kappa shape index (κ3) is 4.28. The van der Waals surface area contributed by atoms with Gasteiger partial charge in [0.05, 0.1) is 17.4 Å². The van der Waals surface area contributed by atoms with Gasteiger partial charge in [-0.3, -0.25) is 9.69 Å². The summed E-state index contributed by atoms with van der Waals surface area (Å²) in [5.74, 6) is -0.398. The van der Waals surface area contributed by atoms with E-state index in [1.165, 1.54) is 18.6 Å². The van der Waals surface area contributed by atoms with Gasteiger partial charge in [-0.1, -0.05) is 35.9 Å². The lowest BCUT2D eigenvalue weighted by Crippen LogP contribution is -2.52. The first-order chi connectivity index (χ1) is 14.4. The molecule has 1 N–H and O–H groups in total. The zero-order valence-electron chi connectivity index (χ0n) is 17.4. The van der Waals surface area contributed by atoms with Crippen molar-refractivity contribution >= 4 is 5.91 Å². The Bertz CT molecular complexity index is 1020. The van der Waals surface area contributed by atoms with Crippen LogP contribution in [0.2, 0.25) is 0 Å². The fraction of sp³-hybridized carbons (Fsp3) is 0.333. The van der Waals surface area contributed by atoms with Crippen molar-refractivity contribution in [2.24, 2.45) is 0 Å². The molecule has 2 aromatic carbocycles. The number of nitrogens with zero attached hydrogens (tertiary/aromatic N) is 3. The van der Waals surface area contributed by atoms with Crippen molar-refractivity contribution in [2.75, 3.05) is 13.1 Å². The molecule has 1 aliphatic rings. The molecule has 6 heteroatoms. The average molecular weight is 407 g/mol. The maximum atomic E-state index is 14.5. The number of likely N-dealkylation sites (tertiary alicyclic amines) is 1. The Balaban J connectivity index is 1.45. The Kier molecular flexibility index (Phi) is 5.68. The highest BCUT2D eigenvalue weighted by molar-refractivity contribution is 5.74. The standard InChI is InChI=1S/C24H27FN4O/c1-18-7-9-21(10-8-18)29-17-20(15-26-29)16-28-13-11-24(12-14-28,27-19(2)30)22-5-3-4-6-23(22)25/h3-10,15,17H,11-14,16H2,1-2H3,(H,27,30). The highest BCUT2D eigenvalue weighted by Gasteiger charge is 2.38. The van der Waals surface area contributed by atoms with Crippen LogP contribution in [0.25, 0.3) is 5.69 Å². The van der Waals surface area contributed by atoms with Crippen molar-refractivity contribution in [1.29, 1.82) is 0 Å². The highest BCUT2D eigenvalue weighted by Crippen LogP contribution is 2.35. The zero-order valence-corrected chi connectivity index (χ0v) is 17.4. The molecular formula is C24H27FN4O. The molecule has 4 rings (SSSR count). The number of benzene rings is 2. The van der Waals surface area contributed by atoms with Gasteiger partial charge in [-0.25, -0.2) is 9.07 Å². The molecule has 1 fully saturated rings. The van der Waals surface area contributed by atoms with Crippen LogP contribution in [-0.2, 0) is 16.9 Å². The normalized spacial score (nSPS) is 16.4. The van der Waals surface area contributed by atoms with E-state index >= 15 is 0 Å². The summed E-state index contributed by atoms with van der Waals surface area (Å²) in [5, 5.41) is 7.54. The van der Waals surface area contributed by atoms with Crippen LogP contribution in [0.3, 0.4) is 0 Å². The summed E-state index contributed by atoms with van der Waals surface area (Å²) in [4.78, 5) is 14.2. The minimum atomic E-state index is -0.653. The van der Waals surface area contributed by atoms with Crippen molar-refractivity contribution in [1.82, 2.24) is 20.0 Å². The average Bonchev–Trinajstić information content (AvgIpc) is 3.18. The van der Waals surface area contributed by atoms with Crippen LogP contribution in [-0.4, -0.2) is 33.7 Å². The lowest BCUT2D eigenvalue weighted by molar-refractivity contribution is -0.121. The highest BCUT2D eigenvalue weighted by atomic mass is 19.1. The molecule has 0 saturated carbocycles. The van der Waals surface area contributed by atoms with E-state index in [0.717, 1.165) is 30.9 Å². The summed E-state index contributed by atoms with van der Waals surface area (Å²) in [7, 11) is 0. The molecule has 0 spiro atoms. The number of aromatic nitrogens is 2. The molecular weight excluding hydrogens is 379 g/mol. The van der Waals surface area contributed by atoms with E-state index in [4.69, 9.17) is 0 Å². The van der Waals surface area contributed by atoms with Crippen LogP contribution < -0.4 is 5.32 Å². The van der Waals surface area contributed by atoms with Crippen molar-refractivity contribution < 1.29 is 9.18 Å². The van der Waals surface area contributed by atoms with Gasteiger partial charge in [-0.05, 0) is 38.0 Å². The molecule has 0 aliphatic carbocycles. The SMILES string of the molecule is CC(=O)NC1(c2ccccc2F)CCN(Cc2cnn(-c3ccc(C)cc3)c2)CC1. The molecule has 0 radical (unpaired) electrons. The van der Waals surface area contributed by atoms with Crippen LogP contribution in [0.1, 0.15) is 36.5 Å². The number of amides is 1. The Morgan fingerprint density at radius 2 is 1.83 bits per heavy atom. The van der Waals surface area contributed by atoms with Gasteiger partial charge < -0.3 is 5.32 Å². The summed E-state index contributed by atoms with van der Waals surface area (Å²) in [6.45, 7) is 5.87. The van der Waals surface area contributed by atoms with Crippen molar-refractivity contribution in [3.63, 3.8) is 0 Å². The van der Waals surface area contributed by atoms with Gasteiger partial charge in [0.2, 0.25) is 5.91 Å². The predicted octanol–water partition coefficient (Wildman–Crippen LogP) is 3.95. The van der Waals surface area contributed by atoms with Crippen LogP contribution >= 0.6 is 0 Å². The number of halogens is 1. The minimum Gasteiger partial charge on any atom is -0.347 e. The fourth-order valence-electron chi connectivity index (χ4n) is 4.28. The summed E-state index contributed by atoms with van der Waals surface area (Å²) >= 11 is 0. The molecule has 0 atom stereocenters. The van der Waals surface area contributed by atoms with E-state index < -0.39 is 5.54 Å². The number of hydrogen-bond acceptors (Lipinski definition) is 3. The van der Waals surface area contributed by atoms with Crippen LogP contribution in [0.4, 0.5) is 4.39 Å². The van der Waals surface area contributed by atoms with E-state index in [1.807, 2.05) is 16.9 Å². The number of aryl methyl sites for hydroxylation is 1. The van der Waals surface area contributed by atoms with Gasteiger partial charge >= 0.3 is 0 Å². The van der Waals surface area contributed by atoms with Crippen molar-refractivity contribution in [3.05, 3.63) is 83.4 Å². The number of hydrogen-bond donors (Lipinski definition) is 1. The molecule has 0 bridgehead atoms. The molecule has 156 valence electrons. The fourth-order valence-corrected chi connectivity index (χ4v) is 4.28. The van der Waals surface area contributed by atoms with Crippen LogP contribution in [0, 0.1) is 12.7 Å². The van der Waals surface area contributed by atoms with Gasteiger partial charge in [0, 0.05) is 43.9 Å². The maximum Gasteiger partial charge on any atom is 0.217 e. The second kappa shape index (κ2) is 8.40. The number of rotatable bonds is 5. The third-order valence-electron chi connectivity index (χ3n) is 5.86. The van der Waals surface area contributed by atoms with Crippen molar-refractivity contribution in [3.8, 4) is 5.69 Å². The second-order valence-electron chi connectivity index (χ2n) is 8.15. The topological polar surface area (TPSA) is 50.2 Å². The Hall–Kier alpha value is -2.99. The van der Waals surface area contributed by atoms with Crippen LogP contribution in [0.5, 0.6) is 0 Å². The molecule has 1 aromatic heterocycles. The Morgan fingerprint density at radius 3 is 2.50 bits per heavy atom. The van der Waals surface area contributed by atoms with Crippen LogP contribution in [0.15, 0.2) is 60.9 Å². The Labute approximate surface area is 176 Å². The third-order valence-corrected chi connectivity index (χ3v) is 5.86. The van der Waals surface area contributed by atoms with E-state index in [9.17, 15) is 9.18 Å². The number of nitrogens with one attached hydrogen (secondary N) is 1. The van der Waals surface area contributed by atoms with Gasteiger partial charge in [0.25, 0.3) is 0 Å². The zero-order chi connectivity index (χ0) is 21.1. The molecule has 5 nitrogen and oxygen atoms in total. The molecule has 3 aromatic rings. The summed E-state index contributed by atoms with van der Waals surface area (Å²) in [6.07, 6.45) is 5.28. The second-order valence-corrected chi connectivity index (χ2v) is 8.15. The van der Waals surface area contributed by atoms with Gasteiger partial charge in [0.15, 0.2) is 0 Å². The van der Waals surface area contributed by atoms with E-state index in [-0.39, 0.29) is 11.7 Å². The number of carbonyl (C=O) groups is 1. The Morgan fingerprint density at radius 1 is 1.13 bits per heavy atom. The summed E-state index contributed by atoms with van der Waals surface area (Å²) in [6, 6.07) is 15.0. The van der Waals surface area contributed by atoms with Gasteiger partial charge in [-0.2, -0.15) is 5.10 Å². The smallest absolute Gasteiger partial charge is 0.217 e. The lowest BCUT2D eigenvalue weighted by atomic mass is 9.80. The first kappa shape index (κ1) is 20.3. The van der Waals surface area contributed by atoms with Gasteiger partial charge in [-0.15, -0.1) is 0 Å².